The molecular formula is C21H20N4O3. The second-order valence-electron chi connectivity index (χ2n) is 6.12. The summed E-state index contributed by atoms with van der Waals surface area (Å²) >= 11 is 0. The number of rotatable bonds is 6. The number of para-hydroxylation sites is 1. The molecule has 142 valence electrons. The van der Waals surface area contributed by atoms with E-state index in [1.807, 2.05) is 31.2 Å². The molecule has 0 aliphatic carbocycles. The topological polar surface area (TPSA) is 93.1 Å². The standard InChI is InChI=1S/C21H20N4O3/c1-2-15-7-3-4-10-18(15)24-20(27)16-8-5-9-17(13-16)23-19(26)14-25-12-6-11-22-21(25)28/h3-13H,2,14H2,1H3,(H,23,26)(H,24,27). The van der Waals surface area contributed by atoms with Crippen molar-refractivity contribution in [2.45, 2.75) is 19.9 Å². The minimum Gasteiger partial charge on any atom is -0.325 e. The fraction of sp³-hybridized carbons (Fsp3) is 0.143. The van der Waals surface area contributed by atoms with Crippen LogP contribution < -0.4 is 16.3 Å². The second kappa shape index (κ2) is 8.77. The maximum Gasteiger partial charge on any atom is 0.347 e. The molecule has 28 heavy (non-hydrogen) atoms. The average Bonchev–Trinajstić information content (AvgIpc) is 2.70. The van der Waals surface area contributed by atoms with Crippen molar-refractivity contribution in [1.29, 1.82) is 0 Å². The third kappa shape index (κ3) is 4.70. The van der Waals surface area contributed by atoms with Gasteiger partial charge >= 0.3 is 5.69 Å². The highest BCUT2D eigenvalue weighted by Gasteiger charge is 2.10. The molecule has 0 atom stereocenters. The summed E-state index contributed by atoms with van der Waals surface area (Å²) in [5, 5.41) is 5.59. The summed E-state index contributed by atoms with van der Waals surface area (Å²) in [5.74, 6) is -0.649. The van der Waals surface area contributed by atoms with E-state index in [-0.39, 0.29) is 18.4 Å². The number of aryl methyl sites for hydroxylation is 1. The van der Waals surface area contributed by atoms with Gasteiger partial charge in [-0.2, -0.15) is 0 Å². The van der Waals surface area contributed by atoms with Crippen molar-refractivity contribution in [3.05, 3.63) is 88.6 Å². The van der Waals surface area contributed by atoms with Gasteiger partial charge in [-0.3, -0.25) is 14.2 Å². The zero-order valence-electron chi connectivity index (χ0n) is 15.4. The molecule has 2 amide bonds. The molecule has 0 aliphatic heterocycles. The Hall–Kier alpha value is -3.74. The van der Waals surface area contributed by atoms with E-state index in [1.165, 1.54) is 17.0 Å². The van der Waals surface area contributed by atoms with Gasteiger partial charge in [-0.15, -0.1) is 0 Å². The van der Waals surface area contributed by atoms with E-state index in [4.69, 9.17) is 0 Å². The zero-order chi connectivity index (χ0) is 19.9. The lowest BCUT2D eigenvalue weighted by molar-refractivity contribution is -0.116. The minimum absolute atomic E-state index is 0.160. The number of anilines is 2. The lowest BCUT2D eigenvalue weighted by Crippen LogP contribution is -2.28. The van der Waals surface area contributed by atoms with Gasteiger partial charge in [0.1, 0.15) is 6.54 Å². The maximum atomic E-state index is 12.6. The SMILES string of the molecule is CCc1ccccc1NC(=O)c1cccc(NC(=O)Cn2cccnc2=O)c1. The summed E-state index contributed by atoms with van der Waals surface area (Å²) in [5.41, 5.74) is 2.20. The van der Waals surface area contributed by atoms with Crippen molar-refractivity contribution in [3.8, 4) is 0 Å². The van der Waals surface area contributed by atoms with Gasteiger partial charge in [0, 0.05) is 29.3 Å². The molecular weight excluding hydrogens is 356 g/mol. The number of carbonyl (C=O) groups is 2. The van der Waals surface area contributed by atoms with E-state index in [0.29, 0.717) is 11.3 Å². The number of amides is 2. The van der Waals surface area contributed by atoms with Crippen molar-refractivity contribution in [1.82, 2.24) is 9.55 Å². The first-order valence-electron chi connectivity index (χ1n) is 8.87. The smallest absolute Gasteiger partial charge is 0.325 e. The fourth-order valence-corrected chi connectivity index (χ4v) is 2.75. The van der Waals surface area contributed by atoms with Gasteiger partial charge in [-0.25, -0.2) is 9.78 Å². The predicted octanol–water partition coefficient (Wildman–Crippen LogP) is 2.70. The summed E-state index contributed by atoms with van der Waals surface area (Å²) < 4.78 is 1.20. The van der Waals surface area contributed by atoms with Crippen LogP contribution in [0.3, 0.4) is 0 Å². The largest absolute Gasteiger partial charge is 0.347 e. The summed E-state index contributed by atoms with van der Waals surface area (Å²) in [7, 11) is 0. The molecule has 0 saturated carbocycles. The number of nitrogens with zero attached hydrogens (tertiary/aromatic N) is 2. The Balaban J connectivity index is 1.69. The fourth-order valence-electron chi connectivity index (χ4n) is 2.75. The molecule has 7 nitrogen and oxygen atoms in total. The molecule has 2 N–H and O–H groups in total. The van der Waals surface area contributed by atoms with Crippen molar-refractivity contribution in [2.24, 2.45) is 0 Å². The van der Waals surface area contributed by atoms with E-state index in [0.717, 1.165) is 17.7 Å². The van der Waals surface area contributed by atoms with E-state index in [2.05, 4.69) is 15.6 Å². The van der Waals surface area contributed by atoms with Gasteiger partial charge in [0.25, 0.3) is 5.91 Å². The van der Waals surface area contributed by atoms with Crippen molar-refractivity contribution in [3.63, 3.8) is 0 Å². The Bertz CT molecular complexity index is 1060. The van der Waals surface area contributed by atoms with Gasteiger partial charge in [0.15, 0.2) is 0 Å². The molecule has 0 unspecified atom stereocenters. The number of nitrogens with one attached hydrogen (secondary N) is 2. The van der Waals surface area contributed by atoms with Crippen LogP contribution in [-0.4, -0.2) is 21.4 Å². The highest BCUT2D eigenvalue weighted by molar-refractivity contribution is 6.05. The lowest BCUT2D eigenvalue weighted by Gasteiger charge is -2.11. The summed E-state index contributed by atoms with van der Waals surface area (Å²) in [6.45, 7) is 1.86. The predicted molar refractivity (Wildman–Crippen MR) is 107 cm³/mol. The van der Waals surface area contributed by atoms with Gasteiger partial charge in [-0.1, -0.05) is 31.2 Å². The third-order valence-electron chi connectivity index (χ3n) is 4.15. The normalized spacial score (nSPS) is 10.3. The van der Waals surface area contributed by atoms with Gasteiger partial charge in [0.2, 0.25) is 5.91 Å². The summed E-state index contributed by atoms with van der Waals surface area (Å²) in [6, 6.07) is 15.8. The first-order valence-corrected chi connectivity index (χ1v) is 8.87. The number of aromatic nitrogens is 2. The molecule has 0 bridgehead atoms. The Morgan fingerprint density at radius 2 is 1.86 bits per heavy atom. The van der Waals surface area contributed by atoms with E-state index in [1.54, 1.807) is 30.3 Å². The molecule has 3 aromatic rings. The van der Waals surface area contributed by atoms with Gasteiger partial charge in [0.05, 0.1) is 0 Å². The summed E-state index contributed by atoms with van der Waals surface area (Å²) in [6.07, 6.45) is 3.67. The van der Waals surface area contributed by atoms with Gasteiger partial charge in [-0.05, 0) is 42.3 Å². The highest BCUT2D eigenvalue weighted by atomic mass is 16.2. The van der Waals surface area contributed by atoms with Crippen LogP contribution in [0, 0.1) is 0 Å². The highest BCUT2D eigenvalue weighted by Crippen LogP contribution is 2.18. The molecule has 1 aromatic heterocycles. The zero-order valence-corrected chi connectivity index (χ0v) is 15.4. The van der Waals surface area contributed by atoms with Crippen LogP contribution in [0.15, 0.2) is 71.8 Å². The molecule has 0 saturated heterocycles. The quantitative estimate of drug-likeness (QED) is 0.692. The van der Waals surface area contributed by atoms with Gasteiger partial charge < -0.3 is 10.6 Å². The molecule has 0 aliphatic rings. The first kappa shape index (κ1) is 19.0. The first-order chi connectivity index (χ1) is 13.6. The van der Waals surface area contributed by atoms with Crippen LogP contribution in [-0.2, 0) is 17.8 Å². The molecule has 2 aromatic carbocycles. The van der Waals surface area contributed by atoms with E-state index >= 15 is 0 Å². The lowest BCUT2D eigenvalue weighted by atomic mass is 10.1. The average molecular weight is 376 g/mol. The third-order valence-corrected chi connectivity index (χ3v) is 4.15. The van der Waals surface area contributed by atoms with Crippen molar-refractivity contribution >= 4 is 23.2 Å². The molecule has 3 rings (SSSR count). The van der Waals surface area contributed by atoms with Crippen molar-refractivity contribution < 1.29 is 9.59 Å². The number of benzene rings is 2. The Labute approximate surface area is 162 Å². The van der Waals surface area contributed by atoms with Crippen LogP contribution in [0.25, 0.3) is 0 Å². The van der Waals surface area contributed by atoms with E-state index < -0.39 is 5.69 Å². The van der Waals surface area contributed by atoms with E-state index in [9.17, 15) is 14.4 Å². The Morgan fingerprint density at radius 3 is 2.64 bits per heavy atom. The molecule has 0 spiro atoms. The number of hydrogen-bond donors (Lipinski definition) is 2. The summed E-state index contributed by atoms with van der Waals surface area (Å²) in [4.78, 5) is 40.0. The van der Waals surface area contributed by atoms with Crippen LogP contribution in [0.1, 0.15) is 22.8 Å². The monoisotopic (exact) mass is 376 g/mol. The molecule has 0 radical (unpaired) electrons. The molecule has 1 heterocycles. The number of carbonyl (C=O) groups excluding carboxylic acids is 2. The van der Waals surface area contributed by atoms with Crippen LogP contribution in [0.2, 0.25) is 0 Å². The Kier molecular flexibility index (Phi) is 5.96. The second-order valence-corrected chi connectivity index (χ2v) is 6.12. The van der Waals surface area contributed by atoms with Crippen LogP contribution in [0.5, 0.6) is 0 Å². The Morgan fingerprint density at radius 1 is 1.04 bits per heavy atom. The maximum absolute atomic E-state index is 12.6. The molecule has 7 heteroatoms. The van der Waals surface area contributed by atoms with Crippen LogP contribution >= 0.6 is 0 Å². The molecule has 0 fully saturated rings. The minimum atomic E-state index is -0.500. The number of hydrogen-bond acceptors (Lipinski definition) is 4. The van der Waals surface area contributed by atoms with Crippen molar-refractivity contribution in [2.75, 3.05) is 10.6 Å². The van der Waals surface area contributed by atoms with Crippen LogP contribution in [0.4, 0.5) is 11.4 Å².